The van der Waals surface area contributed by atoms with Gasteiger partial charge in [0, 0.05) is 5.56 Å². The summed E-state index contributed by atoms with van der Waals surface area (Å²) >= 11 is 0. The number of alkyl halides is 3. The second-order valence-electron chi connectivity index (χ2n) is 2.60. The molecule has 7 heteroatoms. The molecular weight excluding hydrogens is 231 g/mol. The lowest BCUT2D eigenvalue weighted by atomic mass is 10.1. The van der Waals surface area contributed by atoms with E-state index in [0.717, 1.165) is 12.1 Å². The lowest BCUT2D eigenvalue weighted by molar-refractivity contribution is 0.0499. The van der Waals surface area contributed by atoms with Crippen LogP contribution >= 0.6 is 0 Å². The van der Waals surface area contributed by atoms with E-state index >= 15 is 0 Å². The standard InChI is InChI=1S/C8H6F3NO2S/c9-7(8(10)11)5-3-1-2-4-6(5)12-15(13)14/h1-4,7-8H. The Kier molecular flexibility index (Phi) is 3.84. The van der Waals surface area contributed by atoms with Crippen molar-refractivity contribution in [1.82, 2.24) is 0 Å². The molecule has 0 aliphatic carbocycles. The lowest BCUT2D eigenvalue weighted by Gasteiger charge is -2.08. The first-order valence-electron chi connectivity index (χ1n) is 3.84. The van der Waals surface area contributed by atoms with Gasteiger partial charge in [-0.05, 0) is 6.07 Å². The van der Waals surface area contributed by atoms with Crippen molar-refractivity contribution in [2.24, 2.45) is 4.36 Å². The number of rotatable bonds is 3. The van der Waals surface area contributed by atoms with Gasteiger partial charge in [-0.2, -0.15) is 8.42 Å². The molecule has 0 aromatic heterocycles. The molecule has 82 valence electrons. The van der Waals surface area contributed by atoms with E-state index in [1.54, 1.807) is 0 Å². The Morgan fingerprint density at radius 1 is 1.13 bits per heavy atom. The summed E-state index contributed by atoms with van der Waals surface area (Å²) in [5, 5.41) is 0. The predicted molar refractivity (Wildman–Crippen MR) is 47.3 cm³/mol. The molecule has 1 rings (SSSR count). The van der Waals surface area contributed by atoms with Gasteiger partial charge >= 0.3 is 10.5 Å². The Hall–Kier alpha value is -1.37. The first-order chi connectivity index (χ1) is 7.02. The summed E-state index contributed by atoms with van der Waals surface area (Å²) in [6.45, 7) is 0. The van der Waals surface area contributed by atoms with E-state index in [9.17, 15) is 21.6 Å². The minimum absolute atomic E-state index is 0.307. The Bertz CT molecular complexity index is 465. The molecule has 0 aliphatic heterocycles. The summed E-state index contributed by atoms with van der Waals surface area (Å²) in [6.07, 6.45) is -5.74. The average molecular weight is 237 g/mol. The highest BCUT2D eigenvalue weighted by molar-refractivity contribution is 7.61. The zero-order chi connectivity index (χ0) is 11.4. The maximum absolute atomic E-state index is 13.0. The van der Waals surface area contributed by atoms with Gasteiger partial charge in [0.1, 0.15) is 0 Å². The van der Waals surface area contributed by atoms with E-state index < -0.39 is 28.7 Å². The summed E-state index contributed by atoms with van der Waals surface area (Å²) in [7, 11) is -2.79. The van der Waals surface area contributed by atoms with Crippen molar-refractivity contribution in [2.45, 2.75) is 12.6 Å². The Balaban J connectivity index is 3.23. The molecule has 0 saturated heterocycles. The molecule has 0 fully saturated rings. The molecule has 0 amide bonds. The van der Waals surface area contributed by atoms with Crippen LogP contribution in [0.3, 0.4) is 0 Å². The SMILES string of the molecule is O=S(=O)=Nc1ccccc1C(F)C(F)F. The van der Waals surface area contributed by atoms with Crippen LogP contribution in [0.15, 0.2) is 28.6 Å². The van der Waals surface area contributed by atoms with Gasteiger partial charge in [0.05, 0.1) is 5.69 Å². The Labute approximate surface area is 85.3 Å². The van der Waals surface area contributed by atoms with Crippen LogP contribution in [-0.4, -0.2) is 14.8 Å². The van der Waals surface area contributed by atoms with Gasteiger partial charge in [0.15, 0.2) is 6.17 Å². The molecule has 3 nitrogen and oxygen atoms in total. The quantitative estimate of drug-likeness (QED) is 0.811. The number of benzene rings is 1. The second-order valence-corrected chi connectivity index (χ2v) is 3.22. The van der Waals surface area contributed by atoms with Crippen molar-refractivity contribution in [3.05, 3.63) is 29.8 Å². The van der Waals surface area contributed by atoms with Gasteiger partial charge in [-0.25, -0.2) is 13.2 Å². The topological polar surface area (TPSA) is 46.5 Å². The van der Waals surface area contributed by atoms with Gasteiger partial charge in [-0.3, -0.25) is 0 Å². The van der Waals surface area contributed by atoms with E-state index in [4.69, 9.17) is 0 Å². The van der Waals surface area contributed by atoms with Crippen LogP contribution < -0.4 is 0 Å². The molecule has 0 bridgehead atoms. The first-order valence-corrected chi connectivity index (χ1v) is 4.88. The normalized spacial score (nSPS) is 12.5. The predicted octanol–water partition coefficient (Wildman–Crippen LogP) is 2.66. The van der Waals surface area contributed by atoms with E-state index in [0.29, 0.717) is 0 Å². The first kappa shape index (κ1) is 11.7. The zero-order valence-electron chi connectivity index (χ0n) is 7.27. The van der Waals surface area contributed by atoms with Gasteiger partial charge in [0.25, 0.3) is 6.43 Å². The second kappa shape index (κ2) is 4.92. The fraction of sp³-hybridized carbons (Fsp3) is 0.250. The molecule has 15 heavy (non-hydrogen) atoms. The fourth-order valence-corrected chi connectivity index (χ4v) is 1.35. The number of hydrogen-bond donors (Lipinski definition) is 0. The van der Waals surface area contributed by atoms with Crippen molar-refractivity contribution >= 4 is 16.2 Å². The van der Waals surface area contributed by atoms with E-state index in [-0.39, 0.29) is 5.69 Å². The van der Waals surface area contributed by atoms with Crippen LogP contribution in [0.25, 0.3) is 0 Å². The van der Waals surface area contributed by atoms with E-state index in [1.807, 2.05) is 0 Å². The minimum Gasteiger partial charge on any atom is -0.236 e. The molecule has 0 radical (unpaired) electrons. The van der Waals surface area contributed by atoms with Crippen molar-refractivity contribution < 1.29 is 21.6 Å². The molecule has 1 aromatic carbocycles. The maximum Gasteiger partial charge on any atom is 0.316 e. The summed E-state index contributed by atoms with van der Waals surface area (Å²) in [5.74, 6) is 0. The number of halogens is 3. The summed E-state index contributed by atoms with van der Waals surface area (Å²) in [6, 6.07) is 4.94. The maximum atomic E-state index is 13.0. The van der Waals surface area contributed by atoms with Gasteiger partial charge in [0.2, 0.25) is 0 Å². The Morgan fingerprint density at radius 2 is 1.73 bits per heavy atom. The van der Waals surface area contributed by atoms with Crippen molar-refractivity contribution in [3.8, 4) is 0 Å². The zero-order valence-corrected chi connectivity index (χ0v) is 8.09. The molecule has 0 aliphatic rings. The molecule has 0 heterocycles. The smallest absolute Gasteiger partial charge is 0.236 e. The van der Waals surface area contributed by atoms with Gasteiger partial charge in [-0.15, -0.1) is 4.36 Å². The fourth-order valence-electron chi connectivity index (χ4n) is 1.02. The minimum atomic E-state index is -3.21. The summed E-state index contributed by atoms with van der Waals surface area (Å²) < 4.78 is 60.6. The van der Waals surface area contributed by atoms with Crippen LogP contribution in [0.2, 0.25) is 0 Å². The van der Waals surface area contributed by atoms with Crippen LogP contribution in [0, 0.1) is 0 Å². The van der Waals surface area contributed by atoms with Crippen LogP contribution in [-0.2, 0) is 10.5 Å². The third-order valence-corrected chi connectivity index (χ3v) is 1.97. The Morgan fingerprint density at radius 3 is 2.27 bits per heavy atom. The molecule has 0 spiro atoms. The third kappa shape index (κ3) is 3.05. The monoisotopic (exact) mass is 237 g/mol. The molecule has 1 aromatic rings. The highest BCUT2D eigenvalue weighted by Crippen LogP contribution is 2.31. The van der Waals surface area contributed by atoms with Gasteiger partial charge < -0.3 is 0 Å². The molecule has 1 atom stereocenters. The average Bonchev–Trinajstić information content (AvgIpc) is 2.16. The van der Waals surface area contributed by atoms with Crippen molar-refractivity contribution in [1.29, 1.82) is 0 Å². The van der Waals surface area contributed by atoms with Crippen LogP contribution in [0.4, 0.5) is 18.9 Å². The van der Waals surface area contributed by atoms with Crippen LogP contribution in [0.5, 0.6) is 0 Å². The highest BCUT2D eigenvalue weighted by Gasteiger charge is 2.23. The lowest BCUT2D eigenvalue weighted by Crippen LogP contribution is -2.03. The third-order valence-electron chi connectivity index (χ3n) is 1.63. The van der Waals surface area contributed by atoms with Crippen molar-refractivity contribution in [2.75, 3.05) is 0 Å². The molecule has 0 saturated carbocycles. The number of nitrogens with zero attached hydrogens (tertiary/aromatic N) is 1. The summed E-state index contributed by atoms with van der Waals surface area (Å²) in [4.78, 5) is 0. The van der Waals surface area contributed by atoms with Gasteiger partial charge in [-0.1, -0.05) is 18.2 Å². The number of hydrogen-bond acceptors (Lipinski definition) is 3. The highest BCUT2D eigenvalue weighted by atomic mass is 32.2. The van der Waals surface area contributed by atoms with Crippen LogP contribution in [0.1, 0.15) is 11.7 Å². The van der Waals surface area contributed by atoms with E-state index in [1.165, 1.54) is 12.1 Å². The largest absolute Gasteiger partial charge is 0.316 e. The molecule has 1 unspecified atom stereocenters. The van der Waals surface area contributed by atoms with E-state index in [2.05, 4.69) is 4.36 Å². The summed E-state index contributed by atoms with van der Waals surface area (Å²) in [5.41, 5.74) is -0.740. The molecular formula is C8H6F3NO2S. The molecule has 0 N–H and O–H groups in total. The van der Waals surface area contributed by atoms with Crippen molar-refractivity contribution in [3.63, 3.8) is 0 Å².